The van der Waals surface area contributed by atoms with Crippen molar-refractivity contribution in [3.63, 3.8) is 0 Å². The van der Waals surface area contributed by atoms with E-state index in [0.29, 0.717) is 0 Å². The van der Waals surface area contributed by atoms with E-state index in [4.69, 9.17) is 4.74 Å². The first-order valence-corrected chi connectivity index (χ1v) is 9.12. The monoisotopic (exact) mass is 440 g/mol. The van der Waals surface area contributed by atoms with Crippen LogP contribution in [0, 0.1) is 5.92 Å². The summed E-state index contributed by atoms with van der Waals surface area (Å²) in [5.74, 6) is 1.82. The molecule has 1 saturated heterocycles. The second kappa shape index (κ2) is 15.4. The van der Waals surface area contributed by atoms with Gasteiger partial charge < -0.3 is 20.3 Å². The van der Waals surface area contributed by atoms with Crippen LogP contribution in [0.2, 0.25) is 0 Å². The summed E-state index contributed by atoms with van der Waals surface area (Å²) >= 11 is 0. The summed E-state index contributed by atoms with van der Waals surface area (Å²) in [4.78, 5) is 7.15. The lowest BCUT2D eigenvalue weighted by atomic mass is 9.93. The maximum Gasteiger partial charge on any atom is 0.191 e. The van der Waals surface area contributed by atoms with Gasteiger partial charge in [0.25, 0.3) is 0 Å². The fraction of sp³-hybridized carbons (Fsp3) is 0.941. The third-order valence-corrected chi connectivity index (χ3v) is 4.26. The Hall–Kier alpha value is -0.0800. The first-order valence-electron chi connectivity index (χ1n) is 9.12. The van der Waals surface area contributed by atoms with Crippen molar-refractivity contribution in [2.24, 2.45) is 10.9 Å². The lowest BCUT2D eigenvalue weighted by molar-refractivity contribution is 0.146. The fourth-order valence-corrected chi connectivity index (χ4v) is 2.83. The van der Waals surface area contributed by atoms with Crippen LogP contribution < -0.4 is 10.6 Å². The number of hydrogen-bond donors (Lipinski definition) is 2. The molecule has 138 valence electrons. The molecule has 0 unspecified atom stereocenters. The van der Waals surface area contributed by atoms with E-state index in [1.165, 1.54) is 38.9 Å². The third kappa shape index (κ3) is 11.2. The van der Waals surface area contributed by atoms with Gasteiger partial charge in [0.1, 0.15) is 0 Å². The molecule has 0 bridgehead atoms. The van der Waals surface area contributed by atoms with Gasteiger partial charge in [0.05, 0.1) is 0 Å². The molecule has 0 radical (unpaired) electrons. The zero-order valence-electron chi connectivity index (χ0n) is 15.3. The zero-order chi connectivity index (χ0) is 16.0. The minimum absolute atomic E-state index is 0. The Morgan fingerprint density at radius 1 is 1.17 bits per heavy atom. The van der Waals surface area contributed by atoms with E-state index in [1.807, 2.05) is 6.92 Å². The van der Waals surface area contributed by atoms with E-state index in [0.717, 1.165) is 51.1 Å². The molecule has 1 heterocycles. The molecule has 2 N–H and O–H groups in total. The summed E-state index contributed by atoms with van der Waals surface area (Å²) in [6, 6.07) is 0. The average Bonchev–Trinajstić information content (AvgIpc) is 2.55. The number of likely N-dealkylation sites (tertiary alicyclic amines) is 1. The van der Waals surface area contributed by atoms with Crippen molar-refractivity contribution in [3.05, 3.63) is 0 Å². The van der Waals surface area contributed by atoms with E-state index in [2.05, 4.69) is 34.4 Å². The van der Waals surface area contributed by atoms with Crippen LogP contribution in [0.15, 0.2) is 4.99 Å². The molecule has 5 nitrogen and oxygen atoms in total. The molecule has 0 aromatic rings. The normalized spacial score (nSPS) is 16.9. The topological polar surface area (TPSA) is 48.9 Å². The number of nitrogens with zero attached hydrogens (tertiary/aromatic N) is 2. The zero-order valence-corrected chi connectivity index (χ0v) is 17.6. The van der Waals surface area contributed by atoms with Gasteiger partial charge in [-0.05, 0) is 65.1 Å². The Bertz CT molecular complexity index is 294. The summed E-state index contributed by atoms with van der Waals surface area (Å²) < 4.78 is 5.34. The summed E-state index contributed by atoms with van der Waals surface area (Å²) in [6.07, 6.45) is 4.93. The number of aliphatic imine (C=N–C) groups is 1. The molecule has 0 saturated carbocycles. The number of nitrogens with one attached hydrogen (secondary N) is 2. The number of ether oxygens (including phenoxy) is 1. The highest BCUT2D eigenvalue weighted by Gasteiger charge is 2.17. The molecule has 0 aliphatic carbocycles. The van der Waals surface area contributed by atoms with Gasteiger partial charge in [0.2, 0.25) is 0 Å². The van der Waals surface area contributed by atoms with Crippen molar-refractivity contribution in [1.29, 1.82) is 0 Å². The molecular weight excluding hydrogens is 403 g/mol. The van der Waals surface area contributed by atoms with E-state index in [9.17, 15) is 0 Å². The van der Waals surface area contributed by atoms with Crippen LogP contribution in [0.4, 0.5) is 0 Å². The predicted octanol–water partition coefficient (Wildman–Crippen LogP) is 2.71. The van der Waals surface area contributed by atoms with Gasteiger partial charge in [-0.25, -0.2) is 0 Å². The van der Waals surface area contributed by atoms with Crippen LogP contribution in [-0.4, -0.2) is 63.3 Å². The highest BCUT2D eigenvalue weighted by Crippen LogP contribution is 2.19. The minimum Gasteiger partial charge on any atom is -0.382 e. The second-order valence-electron chi connectivity index (χ2n) is 5.90. The molecule has 6 heteroatoms. The molecule has 1 rings (SSSR count). The standard InChI is InChI=1S/C17H36N4O.HI/c1-4-18-17(19-11-7-15-22-6-3)20-12-8-16-9-13-21(5-2)14-10-16;/h16H,4-15H2,1-3H3,(H2,18,19,20);1H. The molecule has 0 atom stereocenters. The number of rotatable bonds is 10. The first kappa shape index (κ1) is 22.9. The van der Waals surface area contributed by atoms with Gasteiger partial charge in [0.15, 0.2) is 5.96 Å². The predicted molar refractivity (Wildman–Crippen MR) is 110 cm³/mol. The van der Waals surface area contributed by atoms with Crippen molar-refractivity contribution in [2.75, 3.05) is 52.5 Å². The van der Waals surface area contributed by atoms with Gasteiger partial charge in [-0.3, -0.25) is 4.99 Å². The first-order chi connectivity index (χ1) is 10.8. The smallest absolute Gasteiger partial charge is 0.191 e. The Balaban J connectivity index is 0.00000484. The Kier molecular flexibility index (Phi) is 15.4. The van der Waals surface area contributed by atoms with Gasteiger partial charge in [0, 0.05) is 32.8 Å². The molecule has 1 aliphatic rings. The molecule has 0 spiro atoms. The molecule has 1 aliphatic heterocycles. The average molecular weight is 440 g/mol. The van der Waals surface area contributed by atoms with Crippen LogP contribution in [0.25, 0.3) is 0 Å². The SMILES string of the molecule is CCNC(=NCCCOCC)NCCC1CCN(CC)CC1.I. The molecule has 0 aromatic carbocycles. The van der Waals surface area contributed by atoms with Gasteiger partial charge >= 0.3 is 0 Å². The number of hydrogen-bond acceptors (Lipinski definition) is 3. The van der Waals surface area contributed by atoms with E-state index >= 15 is 0 Å². The quantitative estimate of drug-likeness (QED) is 0.237. The van der Waals surface area contributed by atoms with E-state index in [-0.39, 0.29) is 24.0 Å². The Labute approximate surface area is 160 Å². The van der Waals surface area contributed by atoms with Crippen molar-refractivity contribution in [2.45, 2.75) is 46.5 Å². The minimum atomic E-state index is 0. The summed E-state index contributed by atoms with van der Waals surface area (Å²) in [7, 11) is 0. The van der Waals surface area contributed by atoms with E-state index in [1.54, 1.807) is 0 Å². The van der Waals surface area contributed by atoms with Gasteiger partial charge in [-0.1, -0.05) is 6.92 Å². The summed E-state index contributed by atoms with van der Waals surface area (Å²) in [6.45, 7) is 14.5. The van der Waals surface area contributed by atoms with Crippen LogP contribution >= 0.6 is 24.0 Å². The Morgan fingerprint density at radius 3 is 2.52 bits per heavy atom. The second-order valence-corrected chi connectivity index (χ2v) is 5.90. The van der Waals surface area contributed by atoms with Crippen LogP contribution in [0.5, 0.6) is 0 Å². The van der Waals surface area contributed by atoms with Crippen molar-refractivity contribution < 1.29 is 4.74 Å². The van der Waals surface area contributed by atoms with Gasteiger partial charge in [-0.2, -0.15) is 0 Å². The molecular formula is C17H37IN4O. The Morgan fingerprint density at radius 2 is 1.91 bits per heavy atom. The highest BCUT2D eigenvalue weighted by atomic mass is 127. The maximum atomic E-state index is 5.34. The van der Waals surface area contributed by atoms with E-state index < -0.39 is 0 Å². The van der Waals surface area contributed by atoms with Crippen LogP contribution in [-0.2, 0) is 4.74 Å². The third-order valence-electron chi connectivity index (χ3n) is 4.26. The van der Waals surface area contributed by atoms with Crippen molar-refractivity contribution in [1.82, 2.24) is 15.5 Å². The van der Waals surface area contributed by atoms with Crippen LogP contribution in [0.1, 0.15) is 46.5 Å². The summed E-state index contributed by atoms with van der Waals surface area (Å²) in [5.41, 5.74) is 0. The number of guanidine groups is 1. The fourth-order valence-electron chi connectivity index (χ4n) is 2.83. The lowest BCUT2D eigenvalue weighted by Gasteiger charge is -2.31. The van der Waals surface area contributed by atoms with Crippen LogP contribution in [0.3, 0.4) is 0 Å². The molecule has 0 aromatic heterocycles. The van der Waals surface area contributed by atoms with Crippen molar-refractivity contribution in [3.8, 4) is 0 Å². The largest absolute Gasteiger partial charge is 0.382 e. The number of halogens is 1. The maximum absolute atomic E-state index is 5.34. The highest BCUT2D eigenvalue weighted by molar-refractivity contribution is 14.0. The molecule has 0 amide bonds. The summed E-state index contributed by atoms with van der Waals surface area (Å²) in [5, 5.41) is 6.79. The lowest BCUT2D eigenvalue weighted by Crippen LogP contribution is -2.39. The molecule has 23 heavy (non-hydrogen) atoms. The number of piperidine rings is 1. The van der Waals surface area contributed by atoms with Gasteiger partial charge in [-0.15, -0.1) is 24.0 Å². The molecule has 1 fully saturated rings. The van der Waals surface area contributed by atoms with Crippen molar-refractivity contribution >= 4 is 29.9 Å².